The zero-order valence-corrected chi connectivity index (χ0v) is 22.4. The molecule has 6 rings (SSSR count). The van der Waals surface area contributed by atoms with Crippen molar-refractivity contribution in [3.63, 3.8) is 0 Å². The normalized spacial score (nSPS) is 11.0. The quantitative estimate of drug-likeness (QED) is 0.179. The molecule has 0 spiro atoms. The number of pyridine rings is 1. The first-order chi connectivity index (χ1) is 19.7. The Morgan fingerprint density at radius 2 is 1.88 bits per heavy atom. The number of carbonyl (C=O) groups is 1. The fraction of sp³-hybridized carbons (Fsp3) is 0.138. The topological polar surface area (TPSA) is 115 Å². The molecule has 0 radical (unpaired) electrons. The van der Waals surface area contributed by atoms with Gasteiger partial charge in [-0.1, -0.05) is 47.7 Å². The summed E-state index contributed by atoms with van der Waals surface area (Å²) in [5.74, 6) is 1.20. The molecule has 0 saturated carbocycles. The van der Waals surface area contributed by atoms with Gasteiger partial charge in [0.1, 0.15) is 16.5 Å². The number of amides is 1. The molecule has 40 heavy (non-hydrogen) atoms. The van der Waals surface area contributed by atoms with Gasteiger partial charge in [0, 0.05) is 36.6 Å². The van der Waals surface area contributed by atoms with Crippen molar-refractivity contribution in [2.45, 2.75) is 19.5 Å². The number of hydrogen-bond acceptors (Lipinski definition) is 8. The van der Waals surface area contributed by atoms with Gasteiger partial charge in [-0.05, 0) is 42.3 Å². The molecular formula is C29H27N9OS. The molecule has 0 unspecified atom stereocenters. The second kappa shape index (κ2) is 11.8. The van der Waals surface area contributed by atoms with Crippen LogP contribution in [0.5, 0.6) is 0 Å². The molecular weight excluding hydrogens is 522 g/mol. The van der Waals surface area contributed by atoms with Crippen molar-refractivity contribution in [2.24, 2.45) is 0 Å². The van der Waals surface area contributed by atoms with Crippen LogP contribution in [0.15, 0.2) is 97.8 Å². The lowest BCUT2D eigenvalue weighted by atomic mass is 10.2. The molecule has 0 atom stereocenters. The van der Waals surface area contributed by atoms with Gasteiger partial charge < -0.3 is 20.5 Å². The smallest absolute Gasteiger partial charge is 0.267 e. The van der Waals surface area contributed by atoms with Gasteiger partial charge in [0.2, 0.25) is 0 Å². The van der Waals surface area contributed by atoms with Crippen LogP contribution in [-0.2, 0) is 13.1 Å². The maximum atomic E-state index is 12.9. The van der Waals surface area contributed by atoms with Crippen LogP contribution in [0.3, 0.4) is 0 Å². The number of hydrogen-bond donors (Lipinski definition) is 3. The SMILES string of the molecule is O=C(Nc1ccc2c(cnn2Cc2ccccc2)c1)c1cnc(Nc2cccc(NCCCn3ccnc3)n2)s1. The van der Waals surface area contributed by atoms with Gasteiger partial charge in [0.05, 0.1) is 30.8 Å². The minimum Gasteiger partial charge on any atom is -0.370 e. The molecule has 11 heteroatoms. The van der Waals surface area contributed by atoms with E-state index in [2.05, 4.69) is 48.1 Å². The van der Waals surface area contributed by atoms with E-state index >= 15 is 0 Å². The minimum atomic E-state index is -0.220. The Kier molecular flexibility index (Phi) is 7.44. The molecule has 0 aliphatic rings. The summed E-state index contributed by atoms with van der Waals surface area (Å²) in [4.78, 5) is 26.4. The van der Waals surface area contributed by atoms with Gasteiger partial charge in [0.25, 0.3) is 5.91 Å². The standard InChI is InChI=1S/C29H27N9OS/c39-28(34-23-10-11-24-22(16-23)17-33-38(24)19-21-6-2-1-3-7-21)25-18-32-29(40-25)36-27-9-4-8-26(35-27)31-12-5-14-37-15-13-30-20-37/h1-4,6-11,13,15-18,20H,5,12,14,19H2,(H,34,39)(H2,31,32,35,36). The molecule has 0 bridgehead atoms. The third-order valence-electron chi connectivity index (χ3n) is 6.25. The predicted molar refractivity (Wildman–Crippen MR) is 158 cm³/mol. The molecule has 4 aromatic heterocycles. The van der Waals surface area contributed by atoms with Gasteiger partial charge in [-0.25, -0.2) is 15.0 Å². The number of benzene rings is 2. The van der Waals surface area contributed by atoms with E-state index in [0.29, 0.717) is 28.1 Å². The summed E-state index contributed by atoms with van der Waals surface area (Å²) in [6, 6.07) is 21.7. The van der Waals surface area contributed by atoms with Gasteiger partial charge in [-0.15, -0.1) is 0 Å². The van der Waals surface area contributed by atoms with Crippen molar-refractivity contribution in [3.05, 3.63) is 108 Å². The third-order valence-corrected chi connectivity index (χ3v) is 7.16. The average Bonchev–Trinajstić information content (AvgIpc) is 3.74. The number of aryl methyl sites for hydroxylation is 1. The molecule has 6 aromatic rings. The van der Waals surface area contributed by atoms with Gasteiger partial charge >= 0.3 is 0 Å². The number of fused-ring (bicyclic) bond motifs is 1. The highest BCUT2D eigenvalue weighted by Crippen LogP contribution is 2.25. The van der Waals surface area contributed by atoms with Crippen LogP contribution < -0.4 is 16.0 Å². The van der Waals surface area contributed by atoms with Crippen LogP contribution in [-0.4, -0.2) is 41.8 Å². The second-order valence-corrected chi connectivity index (χ2v) is 10.2. The van der Waals surface area contributed by atoms with Crippen LogP contribution >= 0.6 is 11.3 Å². The first kappa shape index (κ1) is 25.3. The van der Waals surface area contributed by atoms with E-state index in [9.17, 15) is 4.79 Å². The van der Waals surface area contributed by atoms with E-state index in [-0.39, 0.29) is 5.91 Å². The summed E-state index contributed by atoms with van der Waals surface area (Å²) in [6.45, 7) is 2.36. The van der Waals surface area contributed by atoms with E-state index in [0.717, 1.165) is 36.2 Å². The van der Waals surface area contributed by atoms with Crippen LogP contribution in [0.1, 0.15) is 21.7 Å². The molecule has 10 nitrogen and oxygen atoms in total. The highest BCUT2D eigenvalue weighted by Gasteiger charge is 2.13. The van der Waals surface area contributed by atoms with Crippen molar-refractivity contribution in [1.29, 1.82) is 0 Å². The largest absolute Gasteiger partial charge is 0.370 e. The van der Waals surface area contributed by atoms with Gasteiger partial charge in [-0.2, -0.15) is 5.10 Å². The van der Waals surface area contributed by atoms with Crippen LogP contribution in [0.25, 0.3) is 10.9 Å². The van der Waals surface area contributed by atoms with E-state index in [1.165, 1.54) is 16.9 Å². The van der Waals surface area contributed by atoms with Crippen molar-refractivity contribution in [3.8, 4) is 0 Å². The Bertz CT molecular complexity index is 1710. The van der Waals surface area contributed by atoms with Crippen LogP contribution in [0.2, 0.25) is 0 Å². The van der Waals surface area contributed by atoms with Crippen LogP contribution in [0.4, 0.5) is 22.5 Å². The zero-order chi connectivity index (χ0) is 27.1. The Balaban J connectivity index is 1.04. The maximum absolute atomic E-state index is 12.9. The highest BCUT2D eigenvalue weighted by molar-refractivity contribution is 7.17. The fourth-order valence-electron chi connectivity index (χ4n) is 4.29. The van der Waals surface area contributed by atoms with E-state index in [4.69, 9.17) is 0 Å². The summed E-state index contributed by atoms with van der Waals surface area (Å²) in [5, 5.41) is 15.6. The Hall–Kier alpha value is -5.03. The summed E-state index contributed by atoms with van der Waals surface area (Å²) in [5.41, 5.74) is 2.89. The number of nitrogens with one attached hydrogen (secondary N) is 3. The molecule has 0 aliphatic carbocycles. The number of thiazole rings is 1. The van der Waals surface area contributed by atoms with Crippen molar-refractivity contribution in [2.75, 3.05) is 22.5 Å². The lowest BCUT2D eigenvalue weighted by molar-refractivity contribution is 0.103. The van der Waals surface area contributed by atoms with Gasteiger partial charge in [-0.3, -0.25) is 9.48 Å². The lowest BCUT2D eigenvalue weighted by Crippen LogP contribution is -2.10. The number of aromatic nitrogens is 6. The summed E-state index contributed by atoms with van der Waals surface area (Å²) < 4.78 is 4.00. The molecule has 4 heterocycles. The minimum absolute atomic E-state index is 0.220. The predicted octanol–water partition coefficient (Wildman–Crippen LogP) is 5.63. The number of carbonyl (C=O) groups excluding carboxylic acids is 1. The summed E-state index contributed by atoms with van der Waals surface area (Å²) in [7, 11) is 0. The lowest BCUT2D eigenvalue weighted by Gasteiger charge is -2.08. The van der Waals surface area contributed by atoms with Crippen LogP contribution in [0, 0.1) is 0 Å². The molecule has 3 N–H and O–H groups in total. The monoisotopic (exact) mass is 549 g/mol. The third kappa shape index (κ3) is 6.16. The van der Waals surface area contributed by atoms with Crippen molar-refractivity contribution >= 4 is 50.6 Å². The maximum Gasteiger partial charge on any atom is 0.267 e. The Morgan fingerprint density at radius 3 is 2.75 bits per heavy atom. The van der Waals surface area contributed by atoms with Crippen molar-refractivity contribution < 1.29 is 4.79 Å². The summed E-state index contributed by atoms with van der Waals surface area (Å²) >= 11 is 1.27. The number of imidazole rings is 1. The first-order valence-corrected chi connectivity index (χ1v) is 13.7. The zero-order valence-electron chi connectivity index (χ0n) is 21.6. The average molecular weight is 550 g/mol. The number of rotatable bonds is 11. The van der Waals surface area contributed by atoms with Crippen molar-refractivity contribution in [1.82, 2.24) is 29.3 Å². The molecule has 200 valence electrons. The number of nitrogens with zero attached hydrogens (tertiary/aromatic N) is 6. The molecule has 0 fully saturated rings. The van der Waals surface area contributed by atoms with E-state index in [1.807, 2.05) is 82.6 Å². The summed E-state index contributed by atoms with van der Waals surface area (Å²) in [6.07, 6.45) is 9.87. The van der Waals surface area contributed by atoms with Gasteiger partial charge in [0.15, 0.2) is 5.13 Å². The van der Waals surface area contributed by atoms with E-state index in [1.54, 1.807) is 12.4 Å². The molecule has 0 aliphatic heterocycles. The first-order valence-electron chi connectivity index (χ1n) is 12.9. The molecule has 2 aromatic carbocycles. The fourth-order valence-corrected chi connectivity index (χ4v) is 5.00. The Labute approximate surface area is 234 Å². The van der Waals surface area contributed by atoms with E-state index < -0.39 is 0 Å². The number of anilines is 4. The highest BCUT2D eigenvalue weighted by atomic mass is 32.1. The second-order valence-electron chi connectivity index (χ2n) is 9.16. The molecule has 0 saturated heterocycles. The molecule has 1 amide bonds. The Morgan fingerprint density at radius 1 is 0.975 bits per heavy atom.